The maximum absolute atomic E-state index is 5.25. The molecule has 1 rings (SSSR count). The molecule has 0 N–H and O–H groups in total. The minimum Gasteiger partial charge on any atom is -0.481 e. The normalized spacial score (nSPS) is 9.08. The molecule has 1 heterocycles. The molecule has 1 aromatic rings. The average molecular weight is 226 g/mol. The number of hydrogen-bond acceptors (Lipinski definition) is 2. The number of hydrogen-bond donors (Lipinski definition) is 0. The van der Waals surface area contributed by atoms with Crippen LogP contribution in [0.2, 0.25) is 0 Å². The smallest absolute Gasteiger partial charge is 0.214 e. The summed E-state index contributed by atoms with van der Waals surface area (Å²) >= 11 is 3.30. The maximum Gasteiger partial charge on any atom is 0.214 e. The van der Waals surface area contributed by atoms with Crippen LogP contribution in [0.15, 0.2) is 12.1 Å². The lowest BCUT2D eigenvalue weighted by molar-refractivity contribution is 0.396. The third-order valence-corrected chi connectivity index (χ3v) is 1.94. The van der Waals surface area contributed by atoms with Gasteiger partial charge in [-0.3, -0.25) is 0 Å². The van der Waals surface area contributed by atoms with Gasteiger partial charge in [-0.2, -0.15) is 0 Å². The van der Waals surface area contributed by atoms with E-state index in [9.17, 15) is 0 Å². The van der Waals surface area contributed by atoms with Crippen molar-refractivity contribution in [3.8, 4) is 18.2 Å². The fraction of sp³-hybridized carbons (Fsp3) is 0.222. The van der Waals surface area contributed by atoms with Crippen molar-refractivity contribution in [2.75, 3.05) is 7.11 Å². The number of ether oxygens (including phenoxy) is 1. The molecule has 0 amide bonds. The van der Waals surface area contributed by atoms with E-state index in [0.29, 0.717) is 11.2 Å². The number of rotatable bonds is 2. The molecule has 62 valence electrons. The largest absolute Gasteiger partial charge is 0.481 e. The molecule has 0 fully saturated rings. The van der Waals surface area contributed by atoms with Crippen LogP contribution < -0.4 is 4.74 Å². The van der Waals surface area contributed by atoms with Crippen LogP contribution in [0.25, 0.3) is 0 Å². The number of terminal acetylenes is 1. The van der Waals surface area contributed by atoms with Gasteiger partial charge < -0.3 is 4.74 Å². The number of pyridine rings is 1. The molecule has 0 bridgehead atoms. The first-order chi connectivity index (χ1) is 5.80. The van der Waals surface area contributed by atoms with Gasteiger partial charge in [0.15, 0.2) is 0 Å². The number of nitrogens with zero attached hydrogens (tertiary/aromatic N) is 1. The number of methoxy groups -OCH3 is 1. The highest BCUT2D eigenvalue weighted by Gasteiger charge is 1.99. The lowest BCUT2D eigenvalue weighted by Crippen LogP contribution is -1.92. The van der Waals surface area contributed by atoms with E-state index in [0.717, 1.165) is 11.3 Å². The van der Waals surface area contributed by atoms with Gasteiger partial charge in [-0.15, -0.1) is 6.42 Å². The van der Waals surface area contributed by atoms with Crippen molar-refractivity contribution in [2.45, 2.75) is 5.33 Å². The lowest BCUT2D eigenvalue weighted by Gasteiger charge is -2.01. The van der Waals surface area contributed by atoms with E-state index in [2.05, 4.69) is 26.8 Å². The van der Waals surface area contributed by atoms with Gasteiger partial charge in [0, 0.05) is 17.0 Å². The summed E-state index contributed by atoms with van der Waals surface area (Å²) in [6.07, 6.45) is 5.25. The van der Waals surface area contributed by atoms with Crippen molar-refractivity contribution in [1.29, 1.82) is 0 Å². The fourth-order valence-electron chi connectivity index (χ4n) is 0.817. The molecule has 1 aromatic heterocycles. The van der Waals surface area contributed by atoms with Crippen LogP contribution in [-0.2, 0) is 5.33 Å². The van der Waals surface area contributed by atoms with Gasteiger partial charge in [0.1, 0.15) is 0 Å². The highest BCUT2D eigenvalue weighted by Crippen LogP contribution is 2.13. The highest BCUT2D eigenvalue weighted by atomic mass is 79.9. The van der Waals surface area contributed by atoms with Gasteiger partial charge in [0.2, 0.25) is 5.88 Å². The Morgan fingerprint density at radius 2 is 2.42 bits per heavy atom. The lowest BCUT2D eigenvalue weighted by atomic mass is 10.2. The second-order valence-corrected chi connectivity index (χ2v) is 2.73. The Labute approximate surface area is 80.1 Å². The first kappa shape index (κ1) is 9.08. The third kappa shape index (κ3) is 1.99. The zero-order chi connectivity index (χ0) is 8.97. The molecule has 0 aromatic carbocycles. The maximum atomic E-state index is 5.25. The Morgan fingerprint density at radius 3 is 2.92 bits per heavy atom. The molecule has 0 radical (unpaired) electrons. The van der Waals surface area contributed by atoms with Crippen molar-refractivity contribution in [3.05, 3.63) is 23.4 Å². The Morgan fingerprint density at radius 1 is 1.67 bits per heavy atom. The van der Waals surface area contributed by atoms with E-state index >= 15 is 0 Å². The molecular formula is C9H8BrNO. The van der Waals surface area contributed by atoms with Gasteiger partial charge >= 0.3 is 0 Å². The number of aromatic nitrogens is 1. The quantitative estimate of drug-likeness (QED) is 0.568. The molecule has 0 aliphatic carbocycles. The Hall–Kier alpha value is -1.01. The van der Waals surface area contributed by atoms with Crippen LogP contribution in [0.1, 0.15) is 11.3 Å². The molecule has 12 heavy (non-hydrogen) atoms. The van der Waals surface area contributed by atoms with Crippen molar-refractivity contribution in [1.82, 2.24) is 4.98 Å². The van der Waals surface area contributed by atoms with E-state index < -0.39 is 0 Å². The van der Waals surface area contributed by atoms with Gasteiger partial charge in [-0.1, -0.05) is 21.9 Å². The molecule has 0 spiro atoms. The highest BCUT2D eigenvalue weighted by molar-refractivity contribution is 9.08. The molecule has 0 aliphatic heterocycles. The van der Waals surface area contributed by atoms with E-state index in [1.807, 2.05) is 6.07 Å². The molecule has 0 atom stereocenters. The molecule has 0 saturated heterocycles. The van der Waals surface area contributed by atoms with Gasteiger partial charge in [0.05, 0.1) is 12.8 Å². The Kier molecular flexibility index (Phi) is 3.12. The SMILES string of the molecule is C#Cc1cc(CBr)nc(OC)c1. The summed E-state index contributed by atoms with van der Waals surface area (Å²) in [4.78, 5) is 4.15. The second kappa shape index (κ2) is 4.13. The average Bonchev–Trinajstić information content (AvgIpc) is 2.16. The summed E-state index contributed by atoms with van der Waals surface area (Å²) in [5.74, 6) is 3.09. The third-order valence-electron chi connectivity index (χ3n) is 1.37. The van der Waals surface area contributed by atoms with Crippen molar-refractivity contribution in [2.24, 2.45) is 0 Å². The summed E-state index contributed by atoms with van der Waals surface area (Å²) in [6.45, 7) is 0. The topological polar surface area (TPSA) is 22.1 Å². The van der Waals surface area contributed by atoms with Crippen LogP contribution in [0.5, 0.6) is 5.88 Å². The van der Waals surface area contributed by atoms with E-state index in [1.54, 1.807) is 13.2 Å². The van der Waals surface area contributed by atoms with E-state index in [4.69, 9.17) is 11.2 Å². The summed E-state index contributed by atoms with van der Waals surface area (Å²) in [6, 6.07) is 3.57. The van der Waals surface area contributed by atoms with Gasteiger partial charge in [-0.25, -0.2) is 4.98 Å². The fourth-order valence-corrected chi connectivity index (χ4v) is 1.10. The minimum atomic E-state index is 0.555. The standard InChI is InChI=1S/C9H8BrNO/c1-3-7-4-8(6-10)11-9(5-7)12-2/h1,4-5H,6H2,2H3. The molecule has 0 unspecified atom stereocenters. The van der Waals surface area contributed by atoms with Crippen LogP contribution in [0.3, 0.4) is 0 Å². The van der Waals surface area contributed by atoms with Crippen molar-refractivity contribution >= 4 is 15.9 Å². The zero-order valence-corrected chi connectivity index (χ0v) is 8.26. The second-order valence-electron chi connectivity index (χ2n) is 2.17. The predicted molar refractivity (Wildman–Crippen MR) is 51.4 cm³/mol. The molecule has 0 aliphatic rings. The van der Waals surface area contributed by atoms with E-state index in [-0.39, 0.29) is 0 Å². The van der Waals surface area contributed by atoms with Gasteiger partial charge in [-0.05, 0) is 6.07 Å². The Bertz CT molecular complexity index is 295. The molecule has 2 nitrogen and oxygen atoms in total. The van der Waals surface area contributed by atoms with Gasteiger partial charge in [0.25, 0.3) is 0 Å². The molecular weight excluding hydrogens is 218 g/mol. The first-order valence-corrected chi connectivity index (χ1v) is 4.50. The van der Waals surface area contributed by atoms with Crippen LogP contribution in [0, 0.1) is 12.3 Å². The van der Waals surface area contributed by atoms with Crippen LogP contribution >= 0.6 is 15.9 Å². The van der Waals surface area contributed by atoms with Crippen molar-refractivity contribution < 1.29 is 4.74 Å². The van der Waals surface area contributed by atoms with Crippen LogP contribution in [0.4, 0.5) is 0 Å². The zero-order valence-electron chi connectivity index (χ0n) is 6.67. The summed E-state index contributed by atoms with van der Waals surface area (Å²) < 4.78 is 4.97. The predicted octanol–water partition coefficient (Wildman–Crippen LogP) is 1.97. The van der Waals surface area contributed by atoms with Crippen LogP contribution in [-0.4, -0.2) is 12.1 Å². The molecule has 0 saturated carbocycles. The minimum absolute atomic E-state index is 0.555. The number of halogens is 1. The van der Waals surface area contributed by atoms with Crippen molar-refractivity contribution in [3.63, 3.8) is 0 Å². The monoisotopic (exact) mass is 225 g/mol. The first-order valence-electron chi connectivity index (χ1n) is 3.37. The molecule has 3 heteroatoms. The Balaban J connectivity index is 3.12. The summed E-state index contributed by atoms with van der Waals surface area (Å²) in [5.41, 5.74) is 1.67. The summed E-state index contributed by atoms with van der Waals surface area (Å²) in [5, 5.41) is 0.679. The van der Waals surface area contributed by atoms with E-state index in [1.165, 1.54) is 0 Å². The number of alkyl halides is 1. The summed E-state index contributed by atoms with van der Waals surface area (Å²) in [7, 11) is 1.57.